The molecule has 0 aliphatic rings. The van der Waals surface area contributed by atoms with Gasteiger partial charge in [0, 0.05) is 16.4 Å². The number of halogens is 1. The fourth-order valence-corrected chi connectivity index (χ4v) is 1.84. The second-order valence-corrected chi connectivity index (χ2v) is 4.67. The van der Waals surface area contributed by atoms with E-state index in [9.17, 15) is 4.79 Å². The Morgan fingerprint density at radius 3 is 2.75 bits per heavy atom. The van der Waals surface area contributed by atoms with Crippen LogP contribution in [-0.2, 0) is 4.79 Å². The molecule has 0 atom stereocenters. The van der Waals surface area contributed by atoms with Gasteiger partial charge in [-0.15, -0.1) is 0 Å². The summed E-state index contributed by atoms with van der Waals surface area (Å²) in [7, 11) is 0. The van der Waals surface area contributed by atoms with E-state index in [1.165, 1.54) is 0 Å². The standard InChI is InChI=1S/C15H15ClN2O2/c16-11-3-1-6-14(9-11)20-8-7-15(19)18-13-5-2-4-12(17)10-13/h1-6,9-10H,7-8,17H2,(H,18,19). The van der Waals surface area contributed by atoms with Crippen LogP contribution in [0.15, 0.2) is 48.5 Å². The number of nitrogens with two attached hydrogens (primary N) is 1. The lowest BCUT2D eigenvalue weighted by Crippen LogP contribution is -2.15. The van der Waals surface area contributed by atoms with Crippen molar-refractivity contribution in [2.75, 3.05) is 17.7 Å². The van der Waals surface area contributed by atoms with Gasteiger partial charge in [0.05, 0.1) is 13.0 Å². The van der Waals surface area contributed by atoms with E-state index >= 15 is 0 Å². The van der Waals surface area contributed by atoms with Crippen molar-refractivity contribution in [3.8, 4) is 5.75 Å². The Morgan fingerprint density at radius 2 is 2.00 bits per heavy atom. The normalized spacial score (nSPS) is 10.1. The first-order valence-electron chi connectivity index (χ1n) is 6.17. The minimum Gasteiger partial charge on any atom is -0.493 e. The summed E-state index contributed by atoms with van der Waals surface area (Å²) in [5.41, 5.74) is 6.92. The van der Waals surface area contributed by atoms with Crippen molar-refractivity contribution < 1.29 is 9.53 Å². The van der Waals surface area contributed by atoms with Gasteiger partial charge in [0.25, 0.3) is 0 Å². The summed E-state index contributed by atoms with van der Waals surface area (Å²) in [6.45, 7) is 0.286. The molecule has 2 aromatic carbocycles. The lowest BCUT2D eigenvalue weighted by atomic mass is 10.3. The van der Waals surface area contributed by atoms with E-state index in [1.807, 2.05) is 0 Å². The van der Waals surface area contributed by atoms with E-state index in [4.69, 9.17) is 22.1 Å². The van der Waals surface area contributed by atoms with Crippen molar-refractivity contribution in [2.45, 2.75) is 6.42 Å². The largest absolute Gasteiger partial charge is 0.493 e. The van der Waals surface area contributed by atoms with Crippen LogP contribution >= 0.6 is 11.6 Å². The number of carbonyl (C=O) groups excluding carboxylic acids is 1. The maximum atomic E-state index is 11.7. The van der Waals surface area contributed by atoms with Crippen molar-refractivity contribution in [3.05, 3.63) is 53.6 Å². The fourth-order valence-electron chi connectivity index (χ4n) is 1.66. The van der Waals surface area contributed by atoms with E-state index < -0.39 is 0 Å². The SMILES string of the molecule is Nc1cccc(NC(=O)CCOc2cccc(Cl)c2)c1. The molecular weight excluding hydrogens is 276 g/mol. The Bertz CT molecular complexity index is 602. The van der Waals surface area contributed by atoms with E-state index in [1.54, 1.807) is 48.5 Å². The number of rotatable bonds is 5. The molecule has 5 heteroatoms. The van der Waals surface area contributed by atoms with Crippen LogP contribution in [-0.4, -0.2) is 12.5 Å². The Kier molecular flexibility index (Phi) is 4.85. The predicted octanol–water partition coefficient (Wildman–Crippen LogP) is 3.33. The second-order valence-electron chi connectivity index (χ2n) is 4.23. The van der Waals surface area contributed by atoms with Crippen molar-refractivity contribution in [1.29, 1.82) is 0 Å². The zero-order chi connectivity index (χ0) is 14.4. The molecule has 104 valence electrons. The van der Waals surface area contributed by atoms with Gasteiger partial charge in [0.15, 0.2) is 0 Å². The van der Waals surface area contributed by atoms with Gasteiger partial charge in [0.1, 0.15) is 5.75 Å². The smallest absolute Gasteiger partial charge is 0.227 e. The molecule has 0 fully saturated rings. The topological polar surface area (TPSA) is 64.3 Å². The van der Waals surface area contributed by atoms with E-state index in [-0.39, 0.29) is 18.9 Å². The van der Waals surface area contributed by atoms with Crippen LogP contribution in [0, 0.1) is 0 Å². The number of nitrogen functional groups attached to an aromatic ring is 1. The van der Waals surface area contributed by atoms with Crippen LogP contribution < -0.4 is 15.8 Å². The molecule has 0 aliphatic carbocycles. The van der Waals surface area contributed by atoms with Gasteiger partial charge >= 0.3 is 0 Å². The van der Waals surface area contributed by atoms with Crippen LogP contribution in [0.1, 0.15) is 6.42 Å². The van der Waals surface area contributed by atoms with Crippen molar-refractivity contribution in [3.63, 3.8) is 0 Å². The summed E-state index contributed by atoms with van der Waals surface area (Å²) in [6, 6.07) is 14.1. The summed E-state index contributed by atoms with van der Waals surface area (Å²) >= 11 is 5.84. The minimum atomic E-state index is -0.127. The molecule has 2 aromatic rings. The van der Waals surface area contributed by atoms with Crippen LogP contribution in [0.3, 0.4) is 0 Å². The highest BCUT2D eigenvalue weighted by atomic mass is 35.5. The highest BCUT2D eigenvalue weighted by Crippen LogP contribution is 2.17. The number of hydrogen-bond acceptors (Lipinski definition) is 3. The molecule has 0 radical (unpaired) electrons. The van der Waals surface area contributed by atoms with Gasteiger partial charge in [-0.2, -0.15) is 0 Å². The Morgan fingerprint density at radius 1 is 1.20 bits per heavy atom. The van der Waals surface area contributed by atoms with Gasteiger partial charge in [0.2, 0.25) is 5.91 Å². The van der Waals surface area contributed by atoms with E-state index in [0.29, 0.717) is 22.1 Å². The second kappa shape index (κ2) is 6.82. The molecule has 0 bridgehead atoms. The lowest BCUT2D eigenvalue weighted by molar-refractivity contribution is -0.116. The molecule has 0 aliphatic heterocycles. The van der Waals surface area contributed by atoms with Crippen LogP contribution in [0.25, 0.3) is 0 Å². The minimum absolute atomic E-state index is 0.127. The van der Waals surface area contributed by atoms with Gasteiger partial charge in [-0.25, -0.2) is 0 Å². The summed E-state index contributed by atoms with van der Waals surface area (Å²) in [4.78, 5) is 11.7. The molecule has 0 saturated heterocycles. The molecule has 20 heavy (non-hydrogen) atoms. The first-order chi connectivity index (χ1) is 9.63. The summed E-state index contributed by atoms with van der Waals surface area (Å²) in [5, 5.41) is 3.36. The molecule has 0 aromatic heterocycles. The third-order valence-corrected chi connectivity index (χ3v) is 2.80. The molecule has 3 N–H and O–H groups in total. The number of hydrogen-bond donors (Lipinski definition) is 2. The predicted molar refractivity (Wildman–Crippen MR) is 81.0 cm³/mol. The highest BCUT2D eigenvalue weighted by molar-refractivity contribution is 6.30. The van der Waals surface area contributed by atoms with Gasteiger partial charge in [-0.1, -0.05) is 23.7 Å². The Hall–Kier alpha value is -2.20. The number of ether oxygens (including phenoxy) is 1. The van der Waals surface area contributed by atoms with Crippen molar-refractivity contribution >= 4 is 28.9 Å². The zero-order valence-electron chi connectivity index (χ0n) is 10.8. The average molecular weight is 291 g/mol. The van der Waals surface area contributed by atoms with Gasteiger partial charge in [-0.05, 0) is 36.4 Å². The number of nitrogens with one attached hydrogen (secondary N) is 1. The Balaban J connectivity index is 1.78. The van der Waals surface area contributed by atoms with Crippen molar-refractivity contribution in [2.24, 2.45) is 0 Å². The third-order valence-electron chi connectivity index (χ3n) is 2.56. The fraction of sp³-hybridized carbons (Fsp3) is 0.133. The maximum Gasteiger partial charge on any atom is 0.227 e. The number of carbonyl (C=O) groups is 1. The van der Waals surface area contributed by atoms with Gasteiger partial charge < -0.3 is 15.8 Å². The number of anilines is 2. The van der Waals surface area contributed by atoms with Crippen molar-refractivity contribution in [1.82, 2.24) is 0 Å². The molecule has 0 spiro atoms. The lowest BCUT2D eigenvalue weighted by Gasteiger charge is -2.08. The number of benzene rings is 2. The average Bonchev–Trinajstić information content (AvgIpc) is 2.38. The zero-order valence-corrected chi connectivity index (χ0v) is 11.6. The molecule has 0 heterocycles. The first kappa shape index (κ1) is 14.2. The van der Waals surface area contributed by atoms with Gasteiger partial charge in [-0.3, -0.25) is 4.79 Å². The maximum absolute atomic E-state index is 11.7. The quantitative estimate of drug-likeness (QED) is 0.830. The Labute approximate surface area is 122 Å². The van der Waals surface area contributed by atoms with Crippen LogP contribution in [0.2, 0.25) is 5.02 Å². The summed E-state index contributed by atoms with van der Waals surface area (Å²) in [5.74, 6) is 0.520. The van der Waals surface area contributed by atoms with E-state index in [0.717, 1.165) is 0 Å². The summed E-state index contributed by atoms with van der Waals surface area (Å²) < 4.78 is 5.45. The highest BCUT2D eigenvalue weighted by Gasteiger charge is 2.03. The third kappa shape index (κ3) is 4.48. The molecule has 0 saturated carbocycles. The molecule has 0 unspecified atom stereocenters. The molecule has 1 amide bonds. The molecular formula is C15H15ClN2O2. The molecule has 4 nitrogen and oxygen atoms in total. The first-order valence-corrected chi connectivity index (χ1v) is 6.55. The van der Waals surface area contributed by atoms with Crippen LogP contribution in [0.4, 0.5) is 11.4 Å². The van der Waals surface area contributed by atoms with Crippen LogP contribution in [0.5, 0.6) is 5.75 Å². The monoisotopic (exact) mass is 290 g/mol. The number of amides is 1. The van der Waals surface area contributed by atoms with E-state index in [2.05, 4.69) is 5.32 Å². The molecule has 2 rings (SSSR count). The summed E-state index contributed by atoms with van der Waals surface area (Å²) in [6.07, 6.45) is 0.251.